The molecular weight excluding hydrogens is 302 g/mol. The second-order valence-corrected chi connectivity index (χ2v) is 5.73. The number of imidazole rings is 1. The molecule has 1 saturated heterocycles. The number of aromatic nitrogens is 4. The van der Waals surface area contributed by atoms with E-state index in [1.54, 1.807) is 12.4 Å². The summed E-state index contributed by atoms with van der Waals surface area (Å²) >= 11 is 0. The van der Waals surface area contributed by atoms with E-state index in [4.69, 9.17) is 0 Å². The van der Waals surface area contributed by atoms with Crippen molar-refractivity contribution in [1.82, 2.24) is 29.3 Å². The average Bonchev–Trinajstić information content (AvgIpc) is 3.00. The van der Waals surface area contributed by atoms with Crippen molar-refractivity contribution in [2.45, 2.75) is 26.6 Å². The van der Waals surface area contributed by atoms with Crippen LogP contribution in [-0.4, -0.2) is 55.5 Å². The van der Waals surface area contributed by atoms with E-state index in [2.05, 4.69) is 24.8 Å². The molecule has 0 bridgehead atoms. The van der Waals surface area contributed by atoms with Gasteiger partial charge in [0.05, 0.1) is 17.9 Å². The van der Waals surface area contributed by atoms with Gasteiger partial charge in [-0.1, -0.05) is 0 Å². The Morgan fingerprint density at radius 3 is 2.30 bits per heavy atom. The molecule has 0 atom stereocenters. The molecule has 0 radical (unpaired) electrons. The van der Waals surface area contributed by atoms with Gasteiger partial charge in [-0.05, 0) is 6.92 Å². The van der Waals surface area contributed by atoms with Crippen molar-refractivity contribution in [3.05, 3.63) is 42.0 Å². The van der Waals surface area contributed by atoms with E-state index in [0.717, 1.165) is 48.7 Å². The Labute approximate surface area is 133 Å². The summed E-state index contributed by atoms with van der Waals surface area (Å²) in [6, 6.07) is 0. The van der Waals surface area contributed by atoms with Crippen molar-refractivity contribution in [2.24, 2.45) is 0 Å². The van der Waals surface area contributed by atoms with Crippen molar-refractivity contribution < 1.29 is 8.78 Å². The van der Waals surface area contributed by atoms with Gasteiger partial charge in [-0.3, -0.25) is 24.3 Å². The van der Waals surface area contributed by atoms with Crippen LogP contribution in [0.15, 0.2) is 24.8 Å². The summed E-state index contributed by atoms with van der Waals surface area (Å²) in [5.41, 5.74) is 1.87. The van der Waals surface area contributed by atoms with Gasteiger partial charge in [-0.2, -0.15) is 8.78 Å². The normalized spacial score (nSPS) is 17.0. The summed E-state index contributed by atoms with van der Waals surface area (Å²) in [6.45, 7) is 4.02. The number of hydrogen-bond acceptors (Lipinski definition) is 5. The van der Waals surface area contributed by atoms with Crippen LogP contribution in [0.4, 0.5) is 8.78 Å². The first-order valence-corrected chi connectivity index (χ1v) is 7.64. The fourth-order valence-corrected chi connectivity index (χ4v) is 2.68. The molecule has 0 spiro atoms. The van der Waals surface area contributed by atoms with E-state index in [9.17, 15) is 8.78 Å². The van der Waals surface area contributed by atoms with Gasteiger partial charge in [-0.25, -0.2) is 4.98 Å². The molecule has 1 aliphatic heterocycles. The van der Waals surface area contributed by atoms with E-state index < -0.39 is 6.55 Å². The first kappa shape index (κ1) is 15.9. The van der Waals surface area contributed by atoms with Crippen LogP contribution >= 0.6 is 0 Å². The fraction of sp³-hybridized carbons (Fsp3) is 0.533. The van der Waals surface area contributed by atoms with Gasteiger partial charge in [-0.15, -0.1) is 0 Å². The molecule has 2 aromatic heterocycles. The number of aryl methyl sites for hydroxylation is 1. The van der Waals surface area contributed by atoms with Crippen LogP contribution in [0.3, 0.4) is 0 Å². The number of hydrogen-bond donors (Lipinski definition) is 0. The van der Waals surface area contributed by atoms with Gasteiger partial charge in [0.1, 0.15) is 5.82 Å². The highest BCUT2D eigenvalue weighted by Crippen LogP contribution is 2.15. The zero-order chi connectivity index (χ0) is 16.2. The zero-order valence-corrected chi connectivity index (χ0v) is 13.1. The molecule has 0 unspecified atom stereocenters. The monoisotopic (exact) mass is 322 g/mol. The zero-order valence-electron chi connectivity index (χ0n) is 13.1. The van der Waals surface area contributed by atoms with Crippen LogP contribution in [-0.2, 0) is 13.1 Å². The minimum atomic E-state index is -2.53. The van der Waals surface area contributed by atoms with Crippen LogP contribution in [0.25, 0.3) is 0 Å². The first-order chi connectivity index (χ1) is 11.1. The summed E-state index contributed by atoms with van der Waals surface area (Å²) in [4.78, 5) is 17.1. The maximum Gasteiger partial charge on any atom is 0.319 e. The Morgan fingerprint density at radius 1 is 1.00 bits per heavy atom. The van der Waals surface area contributed by atoms with Crippen molar-refractivity contribution >= 4 is 0 Å². The second-order valence-electron chi connectivity index (χ2n) is 5.73. The molecule has 1 fully saturated rings. The van der Waals surface area contributed by atoms with E-state index >= 15 is 0 Å². The standard InChI is InChI=1S/C15H20F2N6/c1-12-8-20-13(9-19-12)10-21-4-6-22(7-5-21)11-14-18-2-3-23(14)15(16)17/h2-3,8-9,15H,4-7,10-11H2,1H3. The Morgan fingerprint density at radius 2 is 1.70 bits per heavy atom. The quantitative estimate of drug-likeness (QED) is 0.838. The van der Waals surface area contributed by atoms with Crippen LogP contribution in [0.1, 0.15) is 23.8 Å². The van der Waals surface area contributed by atoms with Gasteiger partial charge >= 0.3 is 6.55 Å². The van der Waals surface area contributed by atoms with E-state index in [-0.39, 0.29) is 0 Å². The Hall–Kier alpha value is -1.93. The van der Waals surface area contributed by atoms with E-state index in [1.807, 2.05) is 6.92 Å². The summed E-state index contributed by atoms with van der Waals surface area (Å²) in [7, 11) is 0. The van der Waals surface area contributed by atoms with Crippen LogP contribution in [0.5, 0.6) is 0 Å². The average molecular weight is 322 g/mol. The highest BCUT2D eigenvalue weighted by atomic mass is 19.3. The maximum absolute atomic E-state index is 12.8. The summed E-state index contributed by atoms with van der Waals surface area (Å²) in [6.07, 6.45) is 6.33. The van der Waals surface area contributed by atoms with Gasteiger partial charge in [0.2, 0.25) is 0 Å². The molecule has 23 heavy (non-hydrogen) atoms. The van der Waals surface area contributed by atoms with Gasteiger partial charge in [0.25, 0.3) is 0 Å². The lowest BCUT2D eigenvalue weighted by atomic mass is 10.3. The van der Waals surface area contributed by atoms with Crippen molar-refractivity contribution in [1.29, 1.82) is 0 Å². The number of alkyl halides is 2. The minimum absolute atomic E-state index is 0.415. The second kappa shape index (κ2) is 7.10. The number of rotatable bonds is 5. The van der Waals surface area contributed by atoms with Crippen LogP contribution in [0.2, 0.25) is 0 Å². The first-order valence-electron chi connectivity index (χ1n) is 7.64. The van der Waals surface area contributed by atoms with Gasteiger partial charge in [0, 0.05) is 57.5 Å². The van der Waals surface area contributed by atoms with Crippen LogP contribution < -0.4 is 0 Å². The highest BCUT2D eigenvalue weighted by molar-refractivity contribution is 5.01. The minimum Gasteiger partial charge on any atom is -0.295 e. The predicted molar refractivity (Wildman–Crippen MR) is 80.8 cm³/mol. The maximum atomic E-state index is 12.8. The Bertz CT molecular complexity index is 619. The molecule has 2 aromatic rings. The molecule has 3 heterocycles. The van der Waals surface area contributed by atoms with Crippen molar-refractivity contribution in [2.75, 3.05) is 26.2 Å². The third-order valence-corrected chi connectivity index (χ3v) is 4.01. The lowest BCUT2D eigenvalue weighted by Crippen LogP contribution is -2.45. The molecule has 6 nitrogen and oxygen atoms in total. The molecule has 0 aliphatic carbocycles. The smallest absolute Gasteiger partial charge is 0.295 e. The van der Waals surface area contributed by atoms with Crippen molar-refractivity contribution in [3.8, 4) is 0 Å². The number of halogens is 2. The third-order valence-electron chi connectivity index (χ3n) is 4.01. The van der Waals surface area contributed by atoms with Gasteiger partial charge < -0.3 is 0 Å². The Balaban J connectivity index is 1.50. The Kier molecular flexibility index (Phi) is 4.92. The third kappa shape index (κ3) is 4.08. The lowest BCUT2D eigenvalue weighted by Gasteiger charge is -2.34. The molecular formula is C15H20F2N6. The molecule has 3 rings (SSSR count). The SMILES string of the molecule is Cc1cnc(CN2CCN(Cc3nccn3C(F)F)CC2)cn1. The summed E-state index contributed by atoms with van der Waals surface area (Å²) in [5, 5.41) is 0. The van der Waals surface area contributed by atoms with Crippen molar-refractivity contribution in [3.63, 3.8) is 0 Å². The topological polar surface area (TPSA) is 50.1 Å². The van der Waals surface area contributed by atoms with E-state index in [1.165, 1.54) is 12.4 Å². The summed E-state index contributed by atoms with van der Waals surface area (Å²) in [5.74, 6) is 0.415. The number of nitrogens with zero attached hydrogens (tertiary/aromatic N) is 6. The highest BCUT2D eigenvalue weighted by Gasteiger charge is 2.20. The summed E-state index contributed by atoms with van der Waals surface area (Å²) < 4.78 is 26.6. The van der Waals surface area contributed by atoms with E-state index in [0.29, 0.717) is 12.4 Å². The van der Waals surface area contributed by atoms with Gasteiger partial charge in [0.15, 0.2) is 0 Å². The van der Waals surface area contributed by atoms with Crippen LogP contribution in [0, 0.1) is 6.92 Å². The molecule has 0 amide bonds. The molecule has 8 heteroatoms. The molecule has 124 valence electrons. The largest absolute Gasteiger partial charge is 0.319 e. The molecule has 0 N–H and O–H groups in total. The number of piperazine rings is 1. The molecule has 1 aliphatic rings. The predicted octanol–water partition coefficient (Wildman–Crippen LogP) is 1.69. The fourth-order valence-electron chi connectivity index (χ4n) is 2.68. The molecule has 0 saturated carbocycles. The lowest BCUT2D eigenvalue weighted by molar-refractivity contribution is 0.0602. The molecule has 0 aromatic carbocycles.